The van der Waals surface area contributed by atoms with E-state index in [1.165, 1.54) is 0 Å². The van der Waals surface area contributed by atoms with E-state index in [1.54, 1.807) is 37.1 Å². The Kier molecular flexibility index (Phi) is 7.44. The molecular weight excluding hydrogens is 430 g/mol. The molecule has 0 bridgehead atoms. The van der Waals surface area contributed by atoms with Crippen molar-refractivity contribution in [2.45, 2.75) is 33.4 Å². The number of anilines is 2. The van der Waals surface area contributed by atoms with Gasteiger partial charge in [0, 0.05) is 67.3 Å². The van der Waals surface area contributed by atoms with Gasteiger partial charge in [0.2, 0.25) is 5.91 Å². The Morgan fingerprint density at radius 1 is 1.09 bits per heavy atom. The molecule has 4 rings (SSSR count). The number of carbonyl (C=O) groups excluding carboxylic acids is 1. The van der Waals surface area contributed by atoms with Crippen LogP contribution >= 0.6 is 0 Å². The molecule has 1 atom stereocenters. The fourth-order valence-electron chi connectivity index (χ4n) is 3.93. The number of fused-ring (bicyclic) bond motifs is 1. The Balaban J connectivity index is 1.46. The molecule has 176 valence electrons. The van der Waals surface area contributed by atoms with E-state index in [1.807, 2.05) is 35.9 Å². The second-order valence-corrected chi connectivity index (χ2v) is 7.89. The molecular formula is C25H29N7O2. The largest absolute Gasteiger partial charge is 0.377 e. The Hall–Kier alpha value is -3.85. The van der Waals surface area contributed by atoms with Gasteiger partial charge in [0.15, 0.2) is 0 Å². The van der Waals surface area contributed by atoms with E-state index in [9.17, 15) is 4.79 Å². The van der Waals surface area contributed by atoms with Gasteiger partial charge in [-0.25, -0.2) is 9.97 Å². The van der Waals surface area contributed by atoms with Crippen molar-refractivity contribution in [1.82, 2.24) is 24.5 Å². The van der Waals surface area contributed by atoms with Crippen LogP contribution in [0.1, 0.15) is 20.8 Å². The number of ether oxygens (including phenoxy) is 1. The van der Waals surface area contributed by atoms with Crippen LogP contribution in [0.4, 0.5) is 11.5 Å². The van der Waals surface area contributed by atoms with Gasteiger partial charge >= 0.3 is 0 Å². The second-order valence-electron chi connectivity index (χ2n) is 7.89. The van der Waals surface area contributed by atoms with Gasteiger partial charge in [-0.05, 0) is 45.0 Å². The predicted octanol–water partition coefficient (Wildman–Crippen LogP) is 3.78. The molecule has 0 radical (unpaired) electrons. The summed E-state index contributed by atoms with van der Waals surface area (Å²) < 4.78 is 7.58. The molecule has 4 heterocycles. The van der Waals surface area contributed by atoms with Crippen LogP contribution in [-0.2, 0) is 16.1 Å². The van der Waals surface area contributed by atoms with Gasteiger partial charge in [0.25, 0.3) is 0 Å². The number of nitrogens with zero attached hydrogens (tertiary/aromatic N) is 6. The maximum absolute atomic E-state index is 12.7. The summed E-state index contributed by atoms with van der Waals surface area (Å²) in [7, 11) is 0. The van der Waals surface area contributed by atoms with Crippen molar-refractivity contribution in [3.63, 3.8) is 0 Å². The summed E-state index contributed by atoms with van der Waals surface area (Å²) in [5.41, 5.74) is 3.41. The summed E-state index contributed by atoms with van der Waals surface area (Å²) in [4.78, 5) is 32.2. The Labute approximate surface area is 198 Å². The van der Waals surface area contributed by atoms with Crippen molar-refractivity contribution < 1.29 is 9.53 Å². The Morgan fingerprint density at radius 3 is 2.68 bits per heavy atom. The third-order valence-corrected chi connectivity index (χ3v) is 5.49. The van der Waals surface area contributed by atoms with Crippen molar-refractivity contribution in [3.05, 3.63) is 61.4 Å². The van der Waals surface area contributed by atoms with Crippen molar-refractivity contribution in [1.29, 1.82) is 0 Å². The average molecular weight is 460 g/mol. The van der Waals surface area contributed by atoms with Gasteiger partial charge in [0.05, 0.1) is 18.0 Å². The number of hydrogen-bond donors (Lipinski definition) is 1. The molecule has 34 heavy (non-hydrogen) atoms. The van der Waals surface area contributed by atoms with Crippen LogP contribution in [0.2, 0.25) is 0 Å². The molecule has 1 amide bonds. The highest BCUT2D eigenvalue weighted by Gasteiger charge is 2.16. The first-order valence-corrected chi connectivity index (χ1v) is 11.4. The van der Waals surface area contributed by atoms with Gasteiger partial charge in [-0.1, -0.05) is 0 Å². The van der Waals surface area contributed by atoms with E-state index in [0.717, 1.165) is 41.1 Å². The van der Waals surface area contributed by atoms with Crippen molar-refractivity contribution in [2.75, 3.05) is 29.9 Å². The molecule has 4 aromatic rings. The second kappa shape index (κ2) is 10.8. The standard InChI is InChI=1S/C25H29N7O2/c1-4-31(16-18(3)34-5-2)22-8-10-28-25-20(22)9-13-32(25)17-24(33)30-23-7-6-19(14-29-23)21-15-26-11-12-27-21/h6-15,18H,4-5,16-17H2,1-3H3,(H,29,30,33). The third kappa shape index (κ3) is 5.37. The quantitative estimate of drug-likeness (QED) is 0.385. The van der Waals surface area contributed by atoms with Gasteiger partial charge in [-0.3, -0.25) is 14.8 Å². The van der Waals surface area contributed by atoms with Crippen LogP contribution in [-0.4, -0.2) is 56.2 Å². The fraction of sp³-hybridized carbons (Fsp3) is 0.320. The molecule has 0 fully saturated rings. The van der Waals surface area contributed by atoms with Crippen LogP contribution in [0.3, 0.4) is 0 Å². The zero-order valence-corrected chi connectivity index (χ0v) is 19.7. The molecule has 0 saturated carbocycles. The number of hydrogen-bond acceptors (Lipinski definition) is 7. The smallest absolute Gasteiger partial charge is 0.245 e. The van der Waals surface area contributed by atoms with Crippen molar-refractivity contribution in [2.24, 2.45) is 0 Å². The minimum absolute atomic E-state index is 0.119. The van der Waals surface area contributed by atoms with E-state index >= 15 is 0 Å². The zero-order valence-electron chi connectivity index (χ0n) is 19.7. The minimum Gasteiger partial charge on any atom is -0.377 e. The molecule has 1 unspecified atom stereocenters. The highest BCUT2D eigenvalue weighted by atomic mass is 16.5. The summed E-state index contributed by atoms with van der Waals surface area (Å²) >= 11 is 0. The Morgan fingerprint density at radius 2 is 1.97 bits per heavy atom. The third-order valence-electron chi connectivity index (χ3n) is 5.49. The Bertz CT molecular complexity index is 1230. The lowest BCUT2D eigenvalue weighted by atomic mass is 10.2. The topological polar surface area (TPSA) is 98.1 Å². The number of aromatic nitrogens is 5. The maximum Gasteiger partial charge on any atom is 0.245 e. The number of nitrogens with one attached hydrogen (secondary N) is 1. The average Bonchev–Trinajstić information content (AvgIpc) is 3.26. The molecule has 9 heteroatoms. The highest BCUT2D eigenvalue weighted by molar-refractivity contribution is 5.93. The first-order chi connectivity index (χ1) is 16.6. The van der Waals surface area contributed by atoms with E-state index in [-0.39, 0.29) is 18.6 Å². The summed E-state index contributed by atoms with van der Waals surface area (Å²) in [6, 6.07) is 7.63. The van der Waals surface area contributed by atoms with Crippen LogP contribution < -0.4 is 10.2 Å². The van der Waals surface area contributed by atoms with Crippen molar-refractivity contribution >= 4 is 28.4 Å². The van der Waals surface area contributed by atoms with Crippen LogP contribution in [0.25, 0.3) is 22.3 Å². The molecule has 4 aromatic heterocycles. The molecule has 0 aliphatic heterocycles. The van der Waals surface area contributed by atoms with E-state index in [2.05, 4.69) is 44.0 Å². The molecule has 0 aromatic carbocycles. The van der Waals surface area contributed by atoms with Gasteiger partial charge in [-0.2, -0.15) is 0 Å². The fourth-order valence-corrected chi connectivity index (χ4v) is 3.93. The number of carbonyl (C=O) groups is 1. The van der Waals surface area contributed by atoms with Crippen LogP contribution in [0.15, 0.2) is 61.4 Å². The van der Waals surface area contributed by atoms with Crippen LogP contribution in [0.5, 0.6) is 0 Å². The number of rotatable bonds is 10. The van der Waals surface area contributed by atoms with Crippen LogP contribution in [0, 0.1) is 0 Å². The molecule has 0 aliphatic carbocycles. The lowest BCUT2D eigenvalue weighted by Crippen LogP contribution is -2.32. The summed E-state index contributed by atoms with van der Waals surface area (Å²) in [6.07, 6.45) is 10.4. The SMILES string of the molecule is CCOC(C)CN(CC)c1ccnc2c1ccn2CC(=O)Nc1ccc(-c2cnccn2)cn1. The monoisotopic (exact) mass is 459 g/mol. The van der Waals surface area contributed by atoms with E-state index in [0.29, 0.717) is 12.4 Å². The first kappa shape index (κ1) is 23.3. The van der Waals surface area contributed by atoms with Gasteiger partial charge in [0.1, 0.15) is 18.0 Å². The molecule has 0 aliphatic rings. The summed E-state index contributed by atoms with van der Waals surface area (Å²) in [6.45, 7) is 8.66. The molecule has 0 spiro atoms. The zero-order chi connectivity index (χ0) is 23.9. The number of likely N-dealkylation sites (N-methyl/N-ethyl adjacent to an activating group) is 1. The minimum atomic E-state index is -0.179. The molecule has 9 nitrogen and oxygen atoms in total. The van der Waals surface area contributed by atoms with Crippen molar-refractivity contribution in [3.8, 4) is 11.3 Å². The summed E-state index contributed by atoms with van der Waals surface area (Å²) in [5.74, 6) is 0.298. The summed E-state index contributed by atoms with van der Waals surface area (Å²) in [5, 5.41) is 3.86. The molecule has 1 N–H and O–H groups in total. The number of amides is 1. The predicted molar refractivity (Wildman–Crippen MR) is 133 cm³/mol. The highest BCUT2D eigenvalue weighted by Crippen LogP contribution is 2.27. The number of pyridine rings is 2. The van der Waals surface area contributed by atoms with Gasteiger partial charge in [-0.15, -0.1) is 0 Å². The first-order valence-electron chi connectivity index (χ1n) is 11.4. The maximum atomic E-state index is 12.7. The van der Waals surface area contributed by atoms with E-state index in [4.69, 9.17) is 4.74 Å². The lowest BCUT2D eigenvalue weighted by molar-refractivity contribution is -0.116. The van der Waals surface area contributed by atoms with Gasteiger partial charge < -0.3 is 19.5 Å². The normalized spacial score (nSPS) is 12.0. The lowest BCUT2D eigenvalue weighted by Gasteiger charge is -2.27. The van der Waals surface area contributed by atoms with E-state index < -0.39 is 0 Å². The molecule has 0 saturated heterocycles.